The predicted octanol–water partition coefficient (Wildman–Crippen LogP) is 4.16. The quantitative estimate of drug-likeness (QED) is 0.610. The van der Waals surface area contributed by atoms with Crippen LogP contribution in [0, 0.1) is 0 Å². The molecule has 1 amide bonds. The van der Waals surface area contributed by atoms with E-state index in [0.29, 0.717) is 29.7 Å². The molecule has 2 aromatic carbocycles. The van der Waals surface area contributed by atoms with Crippen LogP contribution in [-0.2, 0) is 10.2 Å². The van der Waals surface area contributed by atoms with E-state index in [2.05, 4.69) is 20.1 Å². The summed E-state index contributed by atoms with van der Waals surface area (Å²) in [4.78, 5) is 24.8. The summed E-state index contributed by atoms with van der Waals surface area (Å²) in [6.45, 7) is 3.68. The van der Waals surface area contributed by atoms with Crippen LogP contribution in [0.25, 0.3) is 5.70 Å². The van der Waals surface area contributed by atoms with Crippen LogP contribution in [0.1, 0.15) is 48.2 Å². The number of amides is 1. The Kier molecular flexibility index (Phi) is 4.72. The van der Waals surface area contributed by atoms with Gasteiger partial charge < -0.3 is 25.2 Å². The molecule has 3 N–H and O–H groups in total. The molecule has 0 aromatic heterocycles. The number of dihydropyridines is 1. The second kappa shape index (κ2) is 7.31. The van der Waals surface area contributed by atoms with Crippen molar-refractivity contribution >= 4 is 17.6 Å². The van der Waals surface area contributed by atoms with Gasteiger partial charge in [-0.1, -0.05) is 24.3 Å². The van der Waals surface area contributed by atoms with Gasteiger partial charge >= 0.3 is 12.3 Å². The molecule has 1 atom stereocenters. The number of carboxylic acids is 1. The molecule has 0 radical (unpaired) electrons. The number of aromatic carboxylic acids is 1. The summed E-state index contributed by atoms with van der Waals surface area (Å²) in [5.41, 5.74) is 1.19. The Labute approximate surface area is 194 Å². The van der Waals surface area contributed by atoms with Gasteiger partial charge in [0, 0.05) is 5.70 Å². The van der Waals surface area contributed by atoms with Crippen molar-refractivity contribution in [2.75, 3.05) is 0 Å². The van der Waals surface area contributed by atoms with Crippen molar-refractivity contribution in [1.82, 2.24) is 10.6 Å². The zero-order valence-corrected chi connectivity index (χ0v) is 18.4. The Morgan fingerprint density at radius 2 is 1.82 bits per heavy atom. The van der Waals surface area contributed by atoms with Crippen molar-refractivity contribution in [2.45, 2.75) is 44.1 Å². The third-order valence-corrected chi connectivity index (χ3v) is 6.36. The number of carboxylic acid groups (broad SMARTS) is 1. The minimum Gasteiger partial charge on any atom is -0.478 e. The van der Waals surface area contributed by atoms with E-state index < -0.39 is 23.3 Å². The van der Waals surface area contributed by atoms with Crippen molar-refractivity contribution in [3.8, 4) is 11.5 Å². The SMILES string of the molecule is CC1=C(c2cccc(C(=O)O)c2)NC(C)(NC(=O)C2(c3ccc4c(c3)OC(F)(F)O4)CC2)C=C1. The average molecular weight is 468 g/mol. The minimum absolute atomic E-state index is 0.0670. The molecule has 1 saturated carbocycles. The van der Waals surface area contributed by atoms with Crippen LogP contribution >= 0.6 is 0 Å². The van der Waals surface area contributed by atoms with Crippen LogP contribution in [0.15, 0.2) is 60.2 Å². The number of carbonyl (C=O) groups excluding carboxylic acids is 1. The molecule has 7 nitrogen and oxygen atoms in total. The number of hydrogen-bond acceptors (Lipinski definition) is 5. The number of benzene rings is 2. The maximum Gasteiger partial charge on any atom is 0.586 e. The van der Waals surface area contributed by atoms with Crippen molar-refractivity contribution in [3.05, 3.63) is 76.9 Å². The zero-order chi connectivity index (χ0) is 24.3. The molecule has 2 heterocycles. The van der Waals surface area contributed by atoms with E-state index in [1.54, 1.807) is 31.2 Å². The number of ether oxygens (including phenoxy) is 2. The Balaban J connectivity index is 1.37. The van der Waals surface area contributed by atoms with E-state index in [1.807, 2.05) is 19.1 Å². The number of hydrogen-bond donors (Lipinski definition) is 3. The first kappa shape index (κ1) is 21.9. The monoisotopic (exact) mass is 468 g/mol. The van der Waals surface area contributed by atoms with E-state index in [4.69, 9.17) is 0 Å². The summed E-state index contributed by atoms with van der Waals surface area (Å²) in [6.07, 6.45) is 1.10. The second-order valence-corrected chi connectivity index (χ2v) is 8.97. The molecular formula is C25H22F2N2O5. The molecule has 3 aliphatic rings. The topological polar surface area (TPSA) is 96.9 Å². The minimum atomic E-state index is -3.72. The highest BCUT2D eigenvalue weighted by Crippen LogP contribution is 2.52. The molecule has 0 saturated heterocycles. The fraction of sp³-hybridized carbons (Fsp3) is 0.280. The van der Waals surface area contributed by atoms with Crippen LogP contribution in [0.2, 0.25) is 0 Å². The second-order valence-electron chi connectivity index (χ2n) is 8.97. The number of nitrogens with one attached hydrogen (secondary N) is 2. The van der Waals surface area contributed by atoms with Crippen LogP contribution in [0.3, 0.4) is 0 Å². The number of rotatable bonds is 5. The summed E-state index contributed by atoms with van der Waals surface area (Å²) in [6, 6.07) is 11.0. The molecule has 1 aliphatic carbocycles. The Hall–Kier alpha value is -3.88. The largest absolute Gasteiger partial charge is 0.586 e. The molecule has 0 bridgehead atoms. The lowest BCUT2D eigenvalue weighted by atomic mass is 9.92. The molecule has 1 fully saturated rings. The highest BCUT2D eigenvalue weighted by molar-refractivity contribution is 5.93. The highest BCUT2D eigenvalue weighted by atomic mass is 19.3. The number of allylic oxidation sites excluding steroid dienone is 2. The average Bonchev–Trinajstić information content (AvgIpc) is 3.53. The molecule has 5 rings (SSSR count). The summed E-state index contributed by atoms with van der Waals surface area (Å²) in [5, 5.41) is 15.7. The number of alkyl halides is 2. The van der Waals surface area contributed by atoms with Crippen molar-refractivity contribution < 1.29 is 33.0 Å². The molecule has 176 valence electrons. The maximum atomic E-state index is 13.4. The molecular weight excluding hydrogens is 446 g/mol. The third-order valence-electron chi connectivity index (χ3n) is 6.36. The van der Waals surface area contributed by atoms with Gasteiger partial charge in [0.15, 0.2) is 11.5 Å². The Morgan fingerprint density at radius 1 is 1.09 bits per heavy atom. The lowest BCUT2D eigenvalue weighted by Crippen LogP contribution is -2.57. The Morgan fingerprint density at radius 3 is 2.53 bits per heavy atom. The summed E-state index contributed by atoms with van der Waals surface area (Å²) in [5.74, 6) is -1.44. The van der Waals surface area contributed by atoms with Crippen molar-refractivity contribution in [1.29, 1.82) is 0 Å². The van der Waals surface area contributed by atoms with Gasteiger partial charge in [-0.05, 0) is 73.7 Å². The first-order chi connectivity index (χ1) is 16.0. The lowest BCUT2D eigenvalue weighted by Gasteiger charge is -2.36. The standard InChI is InChI=1S/C25H22F2N2O5/c1-14-8-9-23(2,28-20(14)15-4-3-5-16(12-15)21(30)31)29-22(32)24(10-11-24)17-6-7-18-19(13-17)34-25(26,27)33-18/h3-9,12-13,28H,10-11H2,1-2H3,(H,29,32)(H,30,31). The molecule has 2 aliphatic heterocycles. The maximum absolute atomic E-state index is 13.4. The smallest absolute Gasteiger partial charge is 0.478 e. The van der Waals surface area contributed by atoms with Gasteiger partial charge in [0.05, 0.1) is 11.0 Å². The third kappa shape index (κ3) is 3.76. The van der Waals surface area contributed by atoms with E-state index >= 15 is 0 Å². The summed E-state index contributed by atoms with van der Waals surface area (Å²) >= 11 is 0. The molecule has 34 heavy (non-hydrogen) atoms. The number of carbonyl (C=O) groups is 2. The van der Waals surface area contributed by atoms with Gasteiger partial charge in [-0.2, -0.15) is 0 Å². The summed E-state index contributed by atoms with van der Waals surface area (Å²) < 4.78 is 35.8. The normalized spacial score (nSPS) is 23.3. The van der Waals surface area contributed by atoms with E-state index in [-0.39, 0.29) is 23.0 Å². The van der Waals surface area contributed by atoms with Gasteiger partial charge in [0.2, 0.25) is 5.91 Å². The van der Waals surface area contributed by atoms with E-state index in [1.165, 1.54) is 18.2 Å². The Bertz CT molecular complexity index is 1280. The van der Waals surface area contributed by atoms with E-state index in [0.717, 1.165) is 5.57 Å². The fourth-order valence-corrected chi connectivity index (χ4v) is 4.33. The first-order valence-corrected chi connectivity index (χ1v) is 10.8. The van der Waals surface area contributed by atoms with Crippen LogP contribution < -0.4 is 20.1 Å². The summed E-state index contributed by atoms with van der Waals surface area (Å²) in [7, 11) is 0. The van der Waals surface area contributed by atoms with Crippen molar-refractivity contribution in [2.24, 2.45) is 0 Å². The number of halogens is 2. The zero-order valence-electron chi connectivity index (χ0n) is 18.4. The van der Waals surface area contributed by atoms with Gasteiger partial charge in [-0.25, -0.2) is 4.79 Å². The van der Waals surface area contributed by atoms with E-state index in [9.17, 15) is 23.5 Å². The van der Waals surface area contributed by atoms with Crippen LogP contribution in [-0.4, -0.2) is 28.9 Å². The van der Waals surface area contributed by atoms with Crippen LogP contribution in [0.4, 0.5) is 8.78 Å². The predicted molar refractivity (Wildman–Crippen MR) is 118 cm³/mol. The lowest BCUT2D eigenvalue weighted by molar-refractivity contribution is -0.286. The molecule has 0 spiro atoms. The van der Waals surface area contributed by atoms with Gasteiger partial charge in [-0.15, -0.1) is 8.78 Å². The van der Waals surface area contributed by atoms with Crippen molar-refractivity contribution in [3.63, 3.8) is 0 Å². The van der Waals surface area contributed by atoms with Gasteiger partial charge in [-0.3, -0.25) is 4.79 Å². The molecule has 1 unspecified atom stereocenters. The molecule has 9 heteroatoms. The van der Waals surface area contributed by atoms with Gasteiger partial charge in [0.1, 0.15) is 5.66 Å². The van der Waals surface area contributed by atoms with Crippen LogP contribution in [0.5, 0.6) is 11.5 Å². The number of fused-ring (bicyclic) bond motifs is 1. The van der Waals surface area contributed by atoms with Gasteiger partial charge in [0.25, 0.3) is 0 Å². The molecule has 2 aromatic rings. The first-order valence-electron chi connectivity index (χ1n) is 10.8. The fourth-order valence-electron chi connectivity index (χ4n) is 4.33. The highest BCUT2D eigenvalue weighted by Gasteiger charge is 2.54.